The van der Waals surface area contributed by atoms with Crippen molar-refractivity contribution in [2.75, 3.05) is 0 Å². The van der Waals surface area contributed by atoms with E-state index in [1.165, 1.54) is 6.42 Å². The third-order valence-electron chi connectivity index (χ3n) is 7.07. The summed E-state index contributed by atoms with van der Waals surface area (Å²) in [4.78, 5) is 26.0. The molecule has 3 nitrogen and oxygen atoms in total. The van der Waals surface area contributed by atoms with Crippen molar-refractivity contribution in [2.45, 2.75) is 19.3 Å². The second-order valence-corrected chi connectivity index (χ2v) is 8.38. The van der Waals surface area contributed by atoms with E-state index in [0.717, 1.165) is 40.5 Å². The number of para-hydroxylation sites is 1. The fourth-order valence-electron chi connectivity index (χ4n) is 6.10. The molecule has 4 unspecified atom stereocenters. The van der Waals surface area contributed by atoms with Gasteiger partial charge in [0, 0.05) is 22.9 Å². The number of rotatable bonds is 2. The molecule has 1 heterocycles. The van der Waals surface area contributed by atoms with Crippen LogP contribution in [0.3, 0.4) is 0 Å². The maximum atomic E-state index is 13.6. The quantitative estimate of drug-likeness (QED) is 0.601. The number of benzene rings is 2. The minimum Gasteiger partial charge on any atom is -0.423 e. The molecular formula is C25H20O3. The van der Waals surface area contributed by atoms with E-state index in [-0.39, 0.29) is 23.2 Å². The smallest absolute Gasteiger partial charge is 0.336 e. The van der Waals surface area contributed by atoms with Crippen molar-refractivity contribution in [3.8, 4) is 0 Å². The van der Waals surface area contributed by atoms with Gasteiger partial charge in [0.05, 0.1) is 0 Å². The van der Waals surface area contributed by atoms with E-state index < -0.39 is 0 Å². The maximum Gasteiger partial charge on any atom is 0.336 e. The fourth-order valence-corrected chi connectivity index (χ4v) is 6.10. The van der Waals surface area contributed by atoms with Gasteiger partial charge in [0.15, 0.2) is 5.78 Å². The van der Waals surface area contributed by atoms with Crippen molar-refractivity contribution in [3.63, 3.8) is 0 Å². The number of hydrogen-bond donors (Lipinski definition) is 0. The summed E-state index contributed by atoms with van der Waals surface area (Å²) in [6.45, 7) is 0. The predicted octanol–water partition coefficient (Wildman–Crippen LogP) is 4.95. The Hall–Kier alpha value is -2.94. The fraction of sp³-hybridized carbons (Fsp3) is 0.280. The summed E-state index contributed by atoms with van der Waals surface area (Å²) < 4.78 is 5.44. The number of allylic oxidation sites excluding steroid dienone is 2. The van der Waals surface area contributed by atoms with Crippen LogP contribution in [-0.4, -0.2) is 5.78 Å². The number of hydrogen-bond acceptors (Lipinski definition) is 3. The van der Waals surface area contributed by atoms with Crippen LogP contribution in [0, 0.1) is 23.7 Å². The normalized spacial score (nSPS) is 28.4. The van der Waals surface area contributed by atoms with Gasteiger partial charge in [-0.2, -0.15) is 0 Å². The van der Waals surface area contributed by atoms with Gasteiger partial charge in [-0.25, -0.2) is 4.79 Å². The van der Waals surface area contributed by atoms with Gasteiger partial charge >= 0.3 is 5.63 Å². The number of fused-ring (bicyclic) bond motifs is 6. The lowest BCUT2D eigenvalue weighted by molar-refractivity contribution is -0.118. The largest absolute Gasteiger partial charge is 0.423 e. The van der Waals surface area contributed by atoms with Crippen molar-refractivity contribution in [1.29, 1.82) is 0 Å². The van der Waals surface area contributed by atoms with Crippen molar-refractivity contribution < 1.29 is 9.21 Å². The van der Waals surface area contributed by atoms with Crippen LogP contribution in [0.4, 0.5) is 0 Å². The zero-order chi connectivity index (χ0) is 18.8. The van der Waals surface area contributed by atoms with Crippen LogP contribution >= 0.6 is 0 Å². The summed E-state index contributed by atoms with van der Waals surface area (Å²) in [5.41, 5.74) is 3.99. The Bertz CT molecular complexity index is 1200. The Labute approximate surface area is 162 Å². The van der Waals surface area contributed by atoms with Gasteiger partial charge < -0.3 is 4.42 Å². The van der Waals surface area contributed by atoms with E-state index >= 15 is 0 Å². The van der Waals surface area contributed by atoms with Gasteiger partial charge in [-0.1, -0.05) is 48.5 Å². The van der Waals surface area contributed by atoms with E-state index in [9.17, 15) is 9.59 Å². The highest BCUT2D eigenvalue weighted by Crippen LogP contribution is 2.63. The molecule has 2 saturated carbocycles. The minimum atomic E-state index is -0.354. The SMILES string of the molecule is O=C1C(c2ccccc2)=C(c2cc(=O)oc3ccccc23)C2C3CCC(C3)C12. The average molecular weight is 368 g/mol. The minimum absolute atomic E-state index is 0.0787. The summed E-state index contributed by atoms with van der Waals surface area (Å²) in [6, 6.07) is 19.2. The first-order chi connectivity index (χ1) is 13.7. The van der Waals surface area contributed by atoms with Crippen molar-refractivity contribution in [3.05, 3.63) is 82.2 Å². The zero-order valence-corrected chi connectivity index (χ0v) is 15.4. The lowest BCUT2D eigenvalue weighted by Crippen LogP contribution is -2.24. The van der Waals surface area contributed by atoms with Crippen LogP contribution in [0.15, 0.2) is 69.9 Å². The molecule has 1 aromatic heterocycles. The summed E-state index contributed by atoms with van der Waals surface area (Å²) >= 11 is 0. The molecule has 3 aliphatic carbocycles. The van der Waals surface area contributed by atoms with E-state index in [1.807, 2.05) is 54.6 Å². The van der Waals surface area contributed by atoms with E-state index in [0.29, 0.717) is 17.4 Å². The summed E-state index contributed by atoms with van der Waals surface area (Å²) in [5.74, 6) is 1.61. The first-order valence-corrected chi connectivity index (χ1v) is 10.1. The standard InChI is InChI=1S/C25H20O3/c26-20-13-18(17-8-4-5-9-19(17)28-20)24-21-15-10-11-16(12-15)23(21)25(27)22(24)14-6-2-1-3-7-14/h1-9,13,15-16,21,23H,10-12H2. The number of carbonyl (C=O) groups is 1. The van der Waals surface area contributed by atoms with Crippen LogP contribution in [-0.2, 0) is 4.79 Å². The molecule has 138 valence electrons. The van der Waals surface area contributed by atoms with E-state index in [1.54, 1.807) is 6.07 Å². The number of ketones is 1. The maximum absolute atomic E-state index is 13.6. The highest BCUT2D eigenvalue weighted by molar-refractivity contribution is 6.33. The van der Waals surface area contributed by atoms with Gasteiger partial charge in [0.25, 0.3) is 0 Å². The highest BCUT2D eigenvalue weighted by atomic mass is 16.4. The Morgan fingerprint density at radius 1 is 0.821 bits per heavy atom. The predicted molar refractivity (Wildman–Crippen MR) is 109 cm³/mol. The summed E-state index contributed by atoms with van der Waals surface area (Å²) in [6.07, 6.45) is 3.49. The molecule has 3 aliphatic rings. The van der Waals surface area contributed by atoms with Gasteiger partial charge in [-0.15, -0.1) is 0 Å². The molecule has 2 bridgehead atoms. The first-order valence-electron chi connectivity index (χ1n) is 10.1. The summed E-state index contributed by atoms with van der Waals surface area (Å²) in [5, 5.41) is 0.918. The van der Waals surface area contributed by atoms with Gasteiger partial charge in [-0.3, -0.25) is 4.79 Å². The highest BCUT2D eigenvalue weighted by Gasteiger charge is 2.57. The van der Waals surface area contributed by atoms with Crippen LogP contribution < -0.4 is 5.63 Å². The molecule has 0 saturated heterocycles. The van der Waals surface area contributed by atoms with Crippen LogP contribution in [0.2, 0.25) is 0 Å². The van der Waals surface area contributed by atoms with E-state index in [2.05, 4.69) is 0 Å². The molecule has 0 spiro atoms. The van der Waals surface area contributed by atoms with E-state index in [4.69, 9.17) is 4.42 Å². The molecule has 2 fully saturated rings. The Balaban J connectivity index is 1.70. The first kappa shape index (κ1) is 16.1. The van der Waals surface area contributed by atoms with Crippen molar-refractivity contribution in [1.82, 2.24) is 0 Å². The van der Waals surface area contributed by atoms with Crippen molar-refractivity contribution in [2.24, 2.45) is 23.7 Å². The van der Waals surface area contributed by atoms with Crippen LogP contribution in [0.1, 0.15) is 30.4 Å². The molecule has 3 heteroatoms. The Morgan fingerprint density at radius 2 is 1.54 bits per heavy atom. The average Bonchev–Trinajstić information content (AvgIpc) is 3.40. The Kier molecular flexibility index (Phi) is 3.31. The molecule has 4 atom stereocenters. The van der Waals surface area contributed by atoms with Crippen molar-refractivity contribution >= 4 is 27.9 Å². The number of carbonyl (C=O) groups excluding carboxylic acids is 1. The lowest BCUT2D eigenvalue weighted by Gasteiger charge is -2.26. The molecule has 0 aliphatic heterocycles. The molecule has 3 aromatic rings. The monoisotopic (exact) mass is 368 g/mol. The Morgan fingerprint density at radius 3 is 2.36 bits per heavy atom. The van der Waals surface area contributed by atoms with Gasteiger partial charge in [0.2, 0.25) is 0 Å². The third kappa shape index (κ3) is 2.10. The molecular weight excluding hydrogens is 348 g/mol. The molecule has 6 rings (SSSR count). The molecule has 0 radical (unpaired) electrons. The number of Topliss-reactive ketones (excluding diaryl/α,β-unsaturated/α-hetero) is 1. The van der Waals surface area contributed by atoms with Gasteiger partial charge in [0.1, 0.15) is 5.58 Å². The second kappa shape index (κ2) is 5.78. The molecule has 0 amide bonds. The molecule has 28 heavy (non-hydrogen) atoms. The summed E-state index contributed by atoms with van der Waals surface area (Å²) in [7, 11) is 0. The third-order valence-corrected chi connectivity index (χ3v) is 7.07. The second-order valence-electron chi connectivity index (χ2n) is 8.38. The molecule has 0 N–H and O–H groups in total. The van der Waals surface area contributed by atoms with Crippen LogP contribution in [0.25, 0.3) is 22.1 Å². The zero-order valence-electron chi connectivity index (χ0n) is 15.4. The van der Waals surface area contributed by atoms with Crippen LogP contribution in [0.5, 0.6) is 0 Å². The van der Waals surface area contributed by atoms with Gasteiger partial charge in [-0.05, 0) is 59.8 Å². The topological polar surface area (TPSA) is 47.3 Å². The lowest BCUT2D eigenvalue weighted by atomic mass is 9.76. The molecule has 2 aromatic carbocycles.